The van der Waals surface area contributed by atoms with Crippen LogP contribution in [0.25, 0.3) is 5.57 Å². The van der Waals surface area contributed by atoms with Gasteiger partial charge in [-0.1, -0.05) is 18.2 Å². The van der Waals surface area contributed by atoms with Crippen LogP contribution < -0.4 is 16.0 Å². The number of carbonyl (C=O) groups excluding carboxylic acids is 2. The minimum absolute atomic E-state index is 0.155. The number of carbonyl (C=O) groups is 2. The Kier molecular flexibility index (Phi) is 5.19. The first-order chi connectivity index (χ1) is 16.0. The molecule has 0 atom stereocenters. The van der Waals surface area contributed by atoms with Gasteiger partial charge in [-0.15, -0.1) is 0 Å². The maximum Gasteiger partial charge on any atom is 0.276 e. The molecule has 33 heavy (non-hydrogen) atoms. The average molecular weight is 439 g/mol. The lowest BCUT2D eigenvalue weighted by molar-refractivity contribution is -0.110. The largest absolute Gasteiger partial charge is 0.344 e. The predicted octanol–water partition coefficient (Wildman–Crippen LogP) is 3.69. The second-order valence-electron chi connectivity index (χ2n) is 7.76. The van der Waals surface area contributed by atoms with E-state index in [0.717, 1.165) is 28.1 Å². The summed E-state index contributed by atoms with van der Waals surface area (Å²) in [6.45, 7) is 1.85. The molecule has 164 valence electrons. The van der Waals surface area contributed by atoms with Crippen LogP contribution in [-0.4, -0.2) is 32.2 Å². The summed E-state index contributed by atoms with van der Waals surface area (Å²) in [7, 11) is 0. The van der Waals surface area contributed by atoms with E-state index in [4.69, 9.17) is 0 Å². The first-order valence-electron chi connectivity index (χ1n) is 10.4. The highest BCUT2D eigenvalue weighted by molar-refractivity contribution is 6.31. The molecular weight excluding hydrogens is 418 g/mol. The van der Waals surface area contributed by atoms with Gasteiger partial charge in [-0.05, 0) is 54.8 Å². The molecular formula is C24H21N7O2. The second kappa shape index (κ2) is 8.46. The lowest BCUT2D eigenvalue weighted by atomic mass is 9.99. The molecule has 0 radical (unpaired) electrons. The zero-order valence-corrected chi connectivity index (χ0v) is 17.8. The molecule has 2 aromatic heterocycles. The molecule has 4 aromatic rings. The Balaban J connectivity index is 1.29. The van der Waals surface area contributed by atoms with E-state index in [9.17, 15) is 9.59 Å². The van der Waals surface area contributed by atoms with E-state index in [1.807, 2.05) is 49.4 Å². The van der Waals surface area contributed by atoms with Crippen LogP contribution in [0.5, 0.6) is 0 Å². The van der Waals surface area contributed by atoms with Crippen molar-refractivity contribution in [1.82, 2.24) is 20.4 Å². The molecule has 0 saturated carbocycles. The number of nitrogens with one attached hydrogen (secondary N) is 5. The molecule has 3 heterocycles. The van der Waals surface area contributed by atoms with Gasteiger partial charge in [0.1, 0.15) is 0 Å². The number of fused-ring (bicyclic) bond motifs is 1. The van der Waals surface area contributed by atoms with Gasteiger partial charge in [0, 0.05) is 41.1 Å². The average Bonchev–Trinajstić information content (AvgIpc) is 3.54. The van der Waals surface area contributed by atoms with Gasteiger partial charge in [0.2, 0.25) is 0 Å². The summed E-state index contributed by atoms with van der Waals surface area (Å²) in [4.78, 5) is 24.7. The Morgan fingerprint density at radius 2 is 1.85 bits per heavy atom. The third-order valence-electron chi connectivity index (χ3n) is 5.29. The summed E-state index contributed by atoms with van der Waals surface area (Å²) in [5.74, 6) is 0.220. The number of H-pyrrole nitrogens is 2. The van der Waals surface area contributed by atoms with E-state index < -0.39 is 0 Å². The number of benzene rings is 2. The van der Waals surface area contributed by atoms with Crippen LogP contribution in [0, 0.1) is 6.92 Å². The smallest absolute Gasteiger partial charge is 0.276 e. The second-order valence-corrected chi connectivity index (χ2v) is 7.76. The van der Waals surface area contributed by atoms with Gasteiger partial charge >= 0.3 is 0 Å². The predicted molar refractivity (Wildman–Crippen MR) is 126 cm³/mol. The molecule has 1 aliphatic heterocycles. The molecule has 0 spiro atoms. The van der Waals surface area contributed by atoms with Crippen LogP contribution in [-0.2, 0) is 11.2 Å². The number of amides is 2. The summed E-state index contributed by atoms with van der Waals surface area (Å²) < 4.78 is 0. The topological polar surface area (TPSA) is 128 Å². The Morgan fingerprint density at radius 1 is 1.03 bits per heavy atom. The molecule has 0 aliphatic carbocycles. The monoisotopic (exact) mass is 439 g/mol. The SMILES string of the molecule is Cc1cc(C(=O)Nc2ccc(Cc3ccc4c(c3)/C(=C/Nc3cc[nH]n3)C(=O)N4)cc2)n[nH]1. The summed E-state index contributed by atoms with van der Waals surface area (Å²) in [6, 6.07) is 17.1. The molecule has 0 unspecified atom stereocenters. The van der Waals surface area contributed by atoms with Gasteiger partial charge in [-0.2, -0.15) is 10.2 Å². The van der Waals surface area contributed by atoms with Crippen LogP contribution in [0.15, 0.2) is 67.0 Å². The van der Waals surface area contributed by atoms with E-state index in [1.165, 1.54) is 0 Å². The van der Waals surface area contributed by atoms with Crippen molar-refractivity contribution in [2.24, 2.45) is 0 Å². The van der Waals surface area contributed by atoms with Crippen LogP contribution in [0.4, 0.5) is 17.2 Å². The van der Waals surface area contributed by atoms with Crippen molar-refractivity contribution in [3.8, 4) is 0 Å². The summed E-state index contributed by atoms with van der Waals surface area (Å²) in [5.41, 5.74) is 6.22. The highest BCUT2D eigenvalue weighted by atomic mass is 16.2. The maximum atomic E-state index is 12.4. The number of aromatic amines is 2. The number of aryl methyl sites for hydroxylation is 1. The van der Waals surface area contributed by atoms with E-state index in [-0.39, 0.29) is 11.8 Å². The van der Waals surface area contributed by atoms with Gasteiger partial charge in [0.25, 0.3) is 11.8 Å². The molecule has 0 bridgehead atoms. The van der Waals surface area contributed by atoms with Gasteiger partial charge in [0.05, 0.1) is 5.57 Å². The van der Waals surface area contributed by atoms with Crippen LogP contribution >= 0.6 is 0 Å². The number of aromatic nitrogens is 4. The van der Waals surface area contributed by atoms with Crippen molar-refractivity contribution in [2.75, 3.05) is 16.0 Å². The van der Waals surface area contributed by atoms with E-state index >= 15 is 0 Å². The Labute approximate surface area is 189 Å². The molecule has 5 rings (SSSR count). The van der Waals surface area contributed by atoms with Crippen molar-refractivity contribution < 1.29 is 9.59 Å². The molecule has 0 fully saturated rings. The van der Waals surface area contributed by atoms with Crippen molar-refractivity contribution in [3.05, 3.63) is 95.1 Å². The molecule has 1 aliphatic rings. The van der Waals surface area contributed by atoms with E-state index in [1.54, 1.807) is 24.5 Å². The van der Waals surface area contributed by atoms with Crippen molar-refractivity contribution >= 4 is 34.6 Å². The van der Waals surface area contributed by atoms with Crippen molar-refractivity contribution in [2.45, 2.75) is 13.3 Å². The number of hydrogen-bond acceptors (Lipinski definition) is 5. The lowest BCUT2D eigenvalue weighted by Crippen LogP contribution is -2.12. The fourth-order valence-electron chi connectivity index (χ4n) is 3.65. The number of rotatable bonds is 6. The van der Waals surface area contributed by atoms with E-state index in [0.29, 0.717) is 29.2 Å². The first-order valence-corrected chi connectivity index (χ1v) is 10.4. The Morgan fingerprint density at radius 3 is 2.58 bits per heavy atom. The van der Waals surface area contributed by atoms with Crippen molar-refractivity contribution in [1.29, 1.82) is 0 Å². The molecule has 2 amide bonds. The number of nitrogens with zero attached hydrogens (tertiary/aromatic N) is 2. The minimum Gasteiger partial charge on any atom is -0.344 e. The number of hydrogen-bond donors (Lipinski definition) is 5. The summed E-state index contributed by atoms with van der Waals surface area (Å²) in [5, 5.41) is 22.3. The highest BCUT2D eigenvalue weighted by Gasteiger charge is 2.24. The minimum atomic E-state index is -0.259. The van der Waals surface area contributed by atoms with Crippen LogP contribution in [0.1, 0.15) is 32.9 Å². The molecule has 9 heteroatoms. The standard InChI is InChI=1S/C24H21N7O2/c1-14-10-21(30-29-14)24(33)27-17-5-2-15(3-6-17)11-16-4-7-20-18(12-16)19(23(32)28-20)13-25-22-8-9-26-31-22/h2-10,12-13H,11H2,1H3,(H,27,33)(H,28,32)(H,29,30)(H2,25,26,31)/b19-13-. The van der Waals surface area contributed by atoms with Gasteiger partial charge in [-0.3, -0.25) is 19.8 Å². The Hall–Kier alpha value is -4.66. The molecule has 5 N–H and O–H groups in total. The summed E-state index contributed by atoms with van der Waals surface area (Å²) in [6.07, 6.45) is 4.06. The normalized spacial score (nSPS) is 13.6. The first kappa shape index (κ1) is 20.3. The number of anilines is 3. The third-order valence-corrected chi connectivity index (χ3v) is 5.29. The van der Waals surface area contributed by atoms with Crippen molar-refractivity contribution in [3.63, 3.8) is 0 Å². The fourth-order valence-corrected chi connectivity index (χ4v) is 3.65. The molecule has 0 saturated heterocycles. The lowest BCUT2D eigenvalue weighted by Gasteiger charge is -2.07. The zero-order chi connectivity index (χ0) is 22.8. The quantitative estimate of drug-likeness (QED) is 0.293. The maximum absolute atomic E-state index is 12.4. The highest BCUT2D eigenvalue weighted by Crippen LogP contribution is 2.33. The molecule has 9 nitrogen and oxygen atoms in total. The Bertz CT molecular complexity index is 1350. The van der Waals surface area contributed by atoms with Gasteiger partial charge in [0.15, 0.2) is 11.5 Å². The molecule has 2 aromatic carbocycles. The summed E-state index contributed by atoms with van der Waals surface area (Å²) >= 11 is 0. The third kappa shape index (κ3) is 4.38. The fraction of sp³-hybridized carbons (Fsp3) is 0.0833. The zero-order valence-electron chi connectivity index (χ0n) is 17.8. The van der Waals surface area contributed by atoms with Crippen LogP contribution in [0.3, 0.4) is 0 Å². The van der Waals surface area contributed by atoms with Gasteiger partial charge < -0.3 is 16.0 Å². The van der Waals surface area contributed by atoms with E-state index in [2.05, 4.69) is 36.3 Å². The van der Waals surface area contributed by atoms with Gasteiger partial charge in [-0.25, -0.2) is 0 Å². The van der Waals surface area contributed by atoms with Crippen LogP contribution in [0.2, 0.25) is 0 Å².